The van der Waals surface area contributed by atoms with Gasteiger partial charge in [-0.15, -0.1) is 0 Å². The highest BCUT2D eigenvalue weighted by atomic mass is 16.5. The zero-order valence-corrected chi connectivity index (χ0v) is 12.0. The van der Waals surface area contributed by atoms with Gasteiger partial charge in [0.1, 0.15) is 17.5 Å². The van der Waals surface area contributed by atoms with Gasteiger partial charge in [-0.2, -0.15) is 0 Å². The Morgan fingerprint density at radius 1 is 1.47 bits per heavy atom. The number of rotatable bonds is 4. The fraction of sp³-hybridized carbons (Fsp3) is 0.533. The predicted octanol–water partition coefficient (Wildman–Crippen LogP) is 2.32. The lowest BCUT2D eigenvalue weighted by molar-refractivity contribution is -0.0503. The van der Waals surface area contributed by atoms with Crippen LogP contribution in [0.5, 0.6) is 0 Å². The van der Waals surface area contributed by atoms with Crippen LogP contribution < -0.4 is 0 Å². The van der Waals surface area contributed by atoms with Gasteiger partial charge in [0.2, 0.25) is 5.78 Å². The Hall–Kier alpha value is -1.26. The van der Waals surface area contributed by atoms with Crippen molar-refractivity contribution in [2.24, 2.45) is 0 Å². The second-order valence-corrected chi connectivity index (χ2v) is 5.69. The van der Waals surface area contributed by atoms with Crippen molar-refractivity contribution in [1.29, 1.82) is 0 Å². The van der Waals surface area contributed by atoms with Crippen LogP contribution in [0.2, 0.25) is 0 Å². The first kappa shape index (κ1) is 14.2. The molecule has 0 aliphatic carbocycles. The maximum atomic E-state index is 12.5. The molecule has 1 fully saturated rings. The molecule has 0 N–H and O–H groups in total. The lowest BCUT2D eigenvalue weighted by Gasteiger charge is -2.34. The predicted molar refractivity (Wildman–Crippen MR) is 73.7 cm³/mol. The molecule has 1 aromatic rings. The Bertz CT molecular complexity index is 443. The highest BCUT2D eigenvalue weighted by Crippen LogP contribution is 2.29. The molecule has 0 bridgehead atoms. The van der Waals surface area contributed by atoms with Crippen LogP contribution in [-0.4, -0.2) is 40.6 Å². The van der Waals surface area contributed by atoms with Crippen molar-refractivity contribution in [3.63, 3.8) is 0 Å². The third kappa shape index (κ3) is 3.01. The van der Waals surface area contributed by atoms with E-state index in [4.69, 9.17) is 4.74 Å². The van der Waals surface area contributed by atoms with Gasteiger partial charge in [-0.1, -0.05) is 19.9 Å². The lowest BCUT2D eigenvalue weighted by atomic mass is 10.0. The third-order valence-electron chi connectivity index (χ3n) is 3.37. The number of Topliss-reactive ketones (excluding diaryl/α,β-unsaturated/α-hetero) is 1. The minimum absolute atomic E-state index is 0.0347. The number of pyridine rings is 1. The first-order valence-corrected chi connectivity index (χ1v) is 6.57. The van der Waals surface area contributed by atoms with E-state index in [-0.39, 0.29) is 11.8 Å². The average molecular weight is 261 g/mol. The lowest BCUT2D eigenvalue weighted by Crippen LogP contribution is -2.48. The Kier molecular flexibility index (Phi) is 4.02. The smallest absolute Gasteiger partial charge is 0.200 e. The van der Waals surface area contributed by atoms with E-state index < -0.39 is 5.72 Å². The fourth-order valence-corrected chi connectivity index (χ4v) is 2.37. The standard InChI is InChI=1S/C15H21N2O2/c1-11(2)9-17-13(10-19-15(17,3)4)14(18)12-7-5-6-8-16-12/h5-8,13H,9-10H2,1-4H3/t13-/m0/s1. The Morgan fingerprint density at radius 2 is 2.21 bits per heavy atom. The summed E-state index contributed by atoms with van der Waals surface area (Å²) >= 11 is 0. The van der Waals surface area contributed by atoms with Gasteiger partial charge in [0, 0.05) is 12.7 Å². The maximum Gasteiger partial charge on any atom is 0.200 e. The SMILES string of the molecule is C[C](C)CN1[C@H](C(=O)c2ccccn2)COC1(C)C. The second-order valence-electron chi connectivity index (χ2n) is 5.69. The van der Waals surface area contributed by atoms with Crippen molar-refractivity contribution in [3.8, 4) is 0 Å². The molecule has 2 rings (SSSR count). The molecule has 103 valence electrons. The normalized spacial score (nSPS) is 22.9. The van der Waals surface area contributed by atoms with Gasteiger partial charge in [-0.05, 0) is 31.9 Å². The molecule has 4 nitrogen and oxygen atoms in total. The number of ether oxygens (including phenoxy) is 1. The molecule has 0 saturated carbocycles. The number of aromatic nitrogens is 1. The van der Waals surface area contributed by atoms with Crippen LogP contribution >= 0.6 is 0 Å². The van der Waals surface area contributed by atoms with Crippen LogP contribution in [0.4, 0.5) is 0 Å². The van der Waals surface area contributed by atoms with E-state index in [1.54, 1.807) is 12.3 Å². The Morgan fingerprint density at radius 3 is 2.79 bits per heavy atom. The molecule has 1 radical (unpaired) electrons. The molecular formula is C15H21N2O2. The molecule has 1 atom stereocenters. The molecule has 0 unspecified atom stereocenters. The van der Waals surface area contributed by atoms with Crippen molar-refractivity contribution in [2.75, 3.05) is 13.2 Å². The number of hydrogen-bond acceptors (Lipinski definition) is 4. The van der Waals surface area contributed by atoms with E-state index in [1.165, 1.54) is 5.92 Å². The van der Waals surface area contributed by atoms with Crippen molar-refractivity contribution in [3.05, 3.63) is 36.0 Å². The van der Waals surface area contributed by atoms with Crippen molar-refractivity contribution < 1.29 is 9.53 Å². The summed E-state index contributed by atoms with van der Waals surface area (Å²) in [5, 5.41) is 0. The number of carbonyl (C=O) groups is 1. The van der Waals surface area contributed by atoms with E-state index in [0.717, 1.165) is 6.54 Å². The van der Waals surface area contributed by atoms with Gasteiger partial charge in [0.15, 0.2) is 0 Å². The topological polar surface area (TPSA) is 42.4 Å². The first-order chi connectivity index (χ1) is 8.92. The van der Waals surface area contributed by atoms with E-state index in [0.29, 0.717) is 12.3 Å². The van der Waals surface area contributed by atoms with Crippen LogP contribution in [0.15, 0.2) is 24.4 Å². The highest BCUT2D eigenvalue weighted by Gasteiger charge is 2.44. The van der Waals surface area contributed by atoms with Crippen LogP contribution in [0, 0.1) is 5.92 Å². The van der Waals surface area contributed by atoms with Gasteiger partial charge >= 0.3 is 0 Å². The van der Waals surface area contributed by atoms with E-state index in [1.807, 2.05) is 26.0 Å². The van der Waals surface area contributed by atoms with Crippen LogP contribution in [0.1, 0.15) is 38.2 Å². The summed E-state index contributed by atoms with van der Waals surface area (Å²) in [5.74, 6) is 1.30. The summed E-state index contributed by atoms with van der Waals surface area (Å²) in [7, 11) is 0. The Labute approximate surface area is 114 Å². The van der Waals surface area contributed by atoms with Crippen molar-refractivity contribution in [2.45, 2.75) is 39.5 Å². The molecule has 1 aliphatic rings. The molecule has 0 amide bonds. The highest BCUT2D eigenvalue weighted by molar-refractivity contribution is 5.98. The van der Waals surface area contributed by atoms with Crippen LogP contribution in [-0.2, 0) is 4.74 Å². The molecule has 1 saturated heterocycles. The van der Waals surface area contributed by atoms with Gasteiger partial charge in [0.25, 0.3) is 0 Å². The molecule has 0 aromatic carbocycles. The molecule has 1 aliphatic heterocycles. The van der Waals surface area contributed by atoms with Crippen LogP contribution in [0.3, 0.4) is 0 Å². The molecular weight excluding hydrogens is 240 g/mol. The fourth-order valence-electron chi connectivity index (χ4n) is 2.37. The maximum absolute atomic E-state index is 12.5. The van der Waals surface area contributed by atoms with Gasteiger partial charge in [-0.25, -0.2) is 0 Å². The Balaban J connectivity index is 2.21. The minimum atomic E-state index is -0.410. The number of carbonyl (C=O) groups excluding carboxylic acids is 1. The largest absolute Gasteiger partial charge is 0.359 e. The van der Waals surface area contributed by atoms with Crippen molar-refractivity contribution in [1.82, 2.24) is 9.88 Å². The number of nitrogens with zero attached hydrogens (tertiary/aromatic N) is 2. The zero-order valence-electron chi connectivity index (χ0n) is 12.0. The van der Waals surface area contributed by atoms with E-state index in [9.17, 15) is 4.79 Å². The third-order valence-corrected chi connectivity index (χ3v) is 3.37. The zero-order chi connectivity index (χ0) is 14.0. The van der Waals surface area contributed by atoms with E-state index >= 15 is 0 Å². The molecule has 4 heteroatoms. The van der Waals surface area contributed by atoms with E-state index in [2.05, 4.69) is 23.7 Å². The molecule has 0 spiro atoms. The summed E-state index contributed by atoms with van der Waals surface area (Å²) < 4.78 is 5.77. The quantitative estimate of drug-likeness (QED) is 0.780. The van der Waals surface area contributed by atoms with Crippen molar-refractivity contribution >= 4 is 5.78 Å². The summed E-state index contributed by atoms with van der Waals surface area (Å²) in [6.45, 7) is 9.32. The van der Waals surface area contributed by atoms with Gasteiger partial charge < -0.3 is 4.74 Å². The summed E-state index contributed by atoms with van der Waals surface area (Å²) in [6.07, 6.45) is 1.65. The second kappa shape index (κ2) is 5.39. The number of hydrogen-bond donors (Lipinski definition) is 0. The number of ketones is 1. The monoisotopic (exact) mass is 261 g/mol. The van der Waals surface area contributed by atoms with Crippen LogP contribution in [0.25, 0.3) is 0 Å². The summed E-state index contributed by atoms with van der Waals surface area (Å²) in [5.41, 5.74) is 0.0967. The molecule has 2 heterocycles. The minimum Gasteiger partial charge on any atom is -0.359 e. The van der Waals surface area contributed by atoms with Gasteiger partial charge in [-0.3, -0.25) is 14.7 Å². The van der Waals surface area contributed by atoms with Gasteiger partial charge in [0.05, 0.1) is 6.61 Å². The molecule has 1 aromatic heterocycles. The first-order valence-electron chi connectivity index (χ1n) is 6.57. The summed E-state index contributed by atoms with van der Waals surface area (Å²) in [4.78, 5) is 18.8. The summed E-state index contributed by atoms with van der Waals surface area (Å²) in [6, 6.07) is 5.16. The average Bonchev–Trinajstić information content (AvgIpc) is 2.65. The molecule has 19 heavy (non-hydrogen) atoms.